The highest BCUT2D eigenvalue weighted by atomic mass is 16.5. The van der Waals surface area contributed by atoms with E-state index in [1.54, 1.807) is 37.4 Å². The number of hydrogen-bond donors (Lipinski definition) is 1. The maximum Gasteiger partial charge on any atom is 0.339 e. The van der Waals surface area contributed by atoms with Gasteiger partial charge in [-0.25, -0.2) is 9.78 Å². The number of amides is 2. The summed E-state index contributed by atoms with van der Waals surface area (Å²) in [6.45, 7) is 1.28. The van der Waals surface area contributed by atoms with Gasteiger partial charge in [-0.05, 0) is 55.5 Å². The van der Waals surface area contributed by atoms with E-state index in [1.807, 2.05) is 55.5 Å². The number of nitrogens with one attached hydrogen (secondary N) is 1. The quantitative estimate of drug-likeness (QED) is 0.361. The number of benzene rings is 3. The second-order valence-electron chi connectivity index (χ2n) is 8.54. The Morgan fingerprint density at radius 3 is 2.35 bits per heavy atom. The van der Waals surface area contributed by atoms with Gasteiger partial charge >= 0.3 is 5.97 Å². The average molecular weight is 498 g/mol. The maximum atomic E-state index is 13.0. The van der Waals surface area contributed by atoms with Gasteiger partial charge in [0, 0.05) is 23.7 Å². The van der Waals surface area contributed by atoms with Crippen LogP contribution < -0.4 is 10.1 Å². The van der Waals surface area contributed by atoms with Crippen LogP contribution in [0, 0.1) is 6.92 Å². The summed E-state index contributed by atoms with van der Waals surface area (Å²) in [5.41, 5.74) is 4.02. The zero-order valence-corrected chi connectivity index (χ0v) is 20.9. The van der Waals surface area contributed by atoms with Gasteiger partial charge in [0.25, 0.3) is 5.91 Å². The van der Waals surface area contributed by atoms with Crippen LogP contribution in [0.3, 0.4) is 0 Å². The summed E-state index contributed by atoms with van der Waals surface area (Å²) in [6.07, 6.45) is 0. The number of ether oxygens (including phenoxy) is 2. The number of pyridine rings is 1. The number of nitrogens with zero attached hydrogens (tertiary/aromatic N) is 2. The summed E-state index contributed by atoms with van der Waals surface area (Å²) >= 11 is 0. The second kappa shape index (κ2) is 11.3. The fourth-order valence-electron chi connectivity index (χ4n) is 3.71. The van der Waals surface area contributed by atoms with E-state index in [-0.39, 0.29) is 12.5 Å². The topological polar surface area (TPSA) is 97.8 Å². The van der Waals surface area contributed by atoms with E-state index in [9.17, 15) is 14.4 Å². The van der Waals surface area contributed by atoms with Gasteiger partial charge in [-0.3, -0.25) is 9.59 Å². The normalized spacial score (nSPS) is 10.6. The first-order chi connectivity index (χ1) is 17.8. The lowest BCUT2D eigenvalue weighted by molar-refractivity contribution is -0.136. The summed E-state index contributed by atoms with van der Waals surface area (Å²) in [7, 11) is 3.07. The Morgan fingerprint density at radius 2 is 1.65 bits per heavy atom. The number of carbonyl (C=O) groups excluding carboxylic acids is 3. The second-order valence-corrected chi connectivity index (χ2v) is 8.54. The highest BCUT2D eigenvalue weighted by Crippen LogP contribution is 2.27. The number of aryl methyl sites for hydroxylation is 1. The van der Waals surface area contributed by atoms with Crippen LogP contribution in [0.1, 0.15) is 15.9 Å². The first kappa shape index (κ1) is 25.4. The first-order valence-electron chi connectivity index (χ1n) is 11.7. The molecule has 37 heavy (non-hydrogen) atoms. The summed E-state index contributed by atoms with van der Waals surface area (Å²) in [5.74, 6) is -0.796. The van der Waals surface area contributed by atoms with Gasteiger partial charge in [0.2, 0.25) is 5.91 Å². The molecule has 4 aromatic rings. The minimum Gasteiger partial charge on any atom is -0.497 e. The van der Waals surface area contributed by atoms with Crippen molar-refractivity contribution < 1.29 is 23.9 Å². The molecule has 0 unspecified atom stereocenters. The van der Waals surface area contributed by atoms with Gasteiger partial charge < -0.3 is 19.7 Å². The van der Waals surface area contributed by atoms with Gasteiger partial charge in [0.1, 0.15) is 5.75 Å². The summed E-state index contributed by atoms with van der Waals surface area (Å²) in [4.78, 5) is 43.8. The molecule has 4 rings (SSSR count). The Hall–Kier alpha value is -4.72. The van der Waals surface area contributed by atoms with Crippen molar-refractivity contribution in [3.05, 3.63) is 90.0 Å². The number of esters is 1. The van der Waals surface area contributed by atoms with Crippen molar-refractivity contribution in [2.24, 2.45) is 0 Å². The number of methoxy groups -OCH3 is 1. The molecule has 188 valence electrons. The fourth-order valence-corrected chi connectivity index (χ4v) is 3.71. The zero-order chi connectivity index (χ0) is 26.4. The van der Waals surface area contributed by atoms with Gasteiger partial charge in [-0.15, -0.1) is 0 Å². The van der Waals surface area contributed by atoms with Crippen molar-refractivity contribution in [2.45, 2.75) is 6.92 Å². The van der Waals surface area contributed by atoms with Crippen LogP contribution in [-0.2, 0) is 14.3 Å². The molecule has 0 aliphatic rings. The lowest BCUT2D eigenvalue weighted by atomic mass is 10.0. The molecule has 1 heterocycles. The standard InChI is InChI=1S/C29H27N3O5/c1-19-8-12-21(13-9-19)30-27(33)17-32(2)28(34)18-37-29(35)24-16-26(20-10-14-22(36-3)15-11-20)31-25-7-5-4-6-23(24)25/h4-16H,17-18H2,1-3H3,(H,30,33). The number of para-hydroxylation sites is 1. The van der Waals surface area contributed by atoms with E-state index in [4.69, 9.17) is 9.47 Å². The van der Waals surface area contributed by atoms with Crippen LogP contribution in [0.25, 0.3) is 22.2 Å². The number of aromatic nitrogens is 1. The Kier molecular flexibility index (Phi) is 7.78. The molecule has 0 aliphatic carbocycles. The number of likely N-dealkylation sites (N-methyl/N-ethyl adjacent to an activating group) is 1. The van der Waals surface area contributed by atoms with E-state index >= 15 is 0 Å². The molecular formula is C29H27N3O5. The minimum atomic E-state index is -0.654. The van der Waals surface area contributed by atoms with Crippen LogP contribution >= 0.6 is 0 Å². The number of carbonyl (C=O) groups is 3. The molecule has 1 N–H and O–H groups in total. The molecule has 0 aliphatic heterocycles. The van der Waals surface area contributed by atoms with Crippen LogP contribution in [0.5, 0.6) is 5.75 Å². The average Bonchev–Trinajstić information content (AvgIpc) is 2.92. The van der Waals surface area contributed by atoms with E-state index in [1.165, 1.54) is 11.9 Å². The van der Waals surface area contributed by atoms with Crippen molar-refractivity contribution >= 4 is 34.4 Å². The third kappa shape index (κ3) is 6.29. The van der Waals surface area contributed by atoms with Crippen LogP contribution in [-0.4, -0.2) is 55.0 Å². The largest absolute Gasteiger partial charge is 0.497 e. The molecule has 3 aromatic carbocycles. The highest BCUT2D eigenvalue weighted by molar-refractivity contribution is 6.05. The molecule has 0 saturated heterocycles. The van der Waals surface area contributed by atoms with Gasteiger partial charge in [0.05, 0.1) is 30.4 Å². The Labute approximate surface area is 214 Å². The van der Waals surface area contributed by atoms with E-state index in [0.29, 0.717) is 33.6 Å². The predicted molar refractivity (Wildman–Crippen MR) is 141 cm³/mol. The number of rotatable bonds is 8. The number of hydrogen-bond acceptors (Lipinski definition) is 6. The molecule has 0 spiro atoms. The van der Waals surface area contributed by atoms with Crippen LogP contribution in [0.2, 0.25) is 0 Å². The molecule has 0 atom stereocenters. The lowest BCUT2D eigenvalue weighted by Gasteiger charge is -2.17. The highest BCUT2D eigenvalue weighted by Gasteiger charge is 2.19. The first-order valence-corrected chi connectivity index (χ1v) is 11.7. The van der Waals surface area contributed by atoms with Crippen LogP contribution in [0.15, 0.2) is 78.9 Å². The van der Waals surface area contributed by atoms with Gasteiger partial charge in [0.15, 0.2) is 6.61 Å². The Balaban J connectivity index is 1.43. The van der Waals surface area contributed by atoms with Gasteiger partial charge in [-0.2, -0.15) is 0 Å². The molecule has 8 nitrogen and oxygen atoms in total. The monoisotopic (exact) mass is 497 g/mol. The van der Waals surface area contributed by atoms with Crippen molar-refractivity contribution in [2.75, 3.05) is 32.6 Å². The predicted octanol–water partition coefficient (Wildman–Crippen LogP) is 4.47. The Morgan fingerprint density at radius 1 is 0.946 bits per heavy atom. The maximum absolute atomic E-state index is 13.0. The molecule has 0 fully saturated rings. The zero-order valence-electron chi connectivity index (χ0n) is 20.9. The lowest BCUT2D eigenvalue weighted by Crippen LogP contribution is -2.37. The third-order valence-corrected chi connectivity index (χ3v) is 5.79. The molecule has 2 amide bonds. The van der Waals surface area contributed by atoms with Crippen molar-refractivity contribution in [3.8, 4) is 17.0 Å². The molecular weight excluding hydrogens is 470 g/mol. The summed E-state index contributed by atoms with van der Waals surface area (Å²) in [5, 5.41) is 3.35. The smallest absolute Gasteiger partial charge is 0.339 e. The summed E-state index contributed by atoms with van der Waals surface area (Å²) in [6, 6.07) is 23.5. The SMILES string of the molecule is COc1ccc(-c2cc(C(=O)OCC(=O)N(C)CC(=O)Nc3ccc(C)cc3)c3ccccc3n2)cc1. The summed E-state index contributed by atoms with van der Waals surface area (Å²) < 4.78 is 10.6. The Bertz CT molecular complexity index is 1430. The molecule has 0 saturated carbocycles. The van der Waals surface area contributed by atoms with Crippen molar-refractivity contribution in [3.63, 3.8) is 0 Å². The number of anilines is 1. The van der Waals surface area contributed by atoms with Gasteiger partial charge in [-0.1, -0.05) is 35.9 Å². The molecule has 1 aromatic heterocycles. The van der Waals surface area contributed by atoms with E-state index < -0.39 is 18.5 Å². The van der Waals surface area contributed by atoms with Crippen molar-refractivity contribution in [1.82, 2.24) is 9.88 Å². The fraction of sp³-hybridized carbons (Fsp3) is 0.172. The molecule has 8 heteroatoms. The minimum absolute atomic E-state index is 0.177. The van der Waals surface area contributed by atoms with E-state index in [0.717, 1.165) is 11.1 Å². The molecule has 0 radical (unpaired) electrons. The van der Waals surface area contributed by atoms with Crippen LogP contribution in [0.4, 0.5) is 5.69 Å². The number of fused-ring (bicyclic) bond motifs is 1. The molecule has 0 bridgehead atoms. The van der Waals surface area contributed by atoms with Crippen molar-refractivity contribution in [1.29, 1.82) is 0 Å². The van der Waals surface area contributed by atoms with E-state index in [2.05, 4.69) is 10.3 Å². The third-order valence-electron chi connectivity index (χ3n) is 5.79.